The van der Waals surface area contributed by atoms with E-state index < -0.39 is 10.0 Å². The second-order valence-corrected chi connectivity index (χ2v) is 11.5. The SMILES string of the molecule is COc1ccc(CN(C(=O)c2ccc(S(=O)(=O)N3CCCC3)cc2)C(C)Cc2cccs2)cc1. The molecule has 0 radical (unpaired) electrons. The van der Waals surface area contributed by atoms with E-state index in [9.17, 15) is 13.2 Å². The first-order valence-electron chi connectivity index (χ1n) is 11.4. The molecule has 1 atom stereocenters. The number of sulfonamides is 1. The second-order valence-electron chi connectivity index (χ2n) is 8.55. The molecule has 1 fully saturated rings. The summed E-state index contributed by atoms with van der Waals surface area (Å²) in [5.74, 6) is 0.646. The van der Waals surface area contributed by atoms with Crippen molar-refractivity contribution < 1.29 is 17.9 Å². The van der Waals surface area contributed by atoms with Crippen molar-refractivity contribution in [1.82, 2.24) is 9.21 Å². The first kappa shape index (κ1) is 24.4. The molecule has 8 heteroatoms. The van der Waals surface area contributed by atoms with E-state index in [4.69, 9.17) is 4.74 Å². The van der Waals surface area contributed by atoms with Crippen LogP contribution in [0.2, 0.25) is 0 Å². The lowest BCUT2D eigenvalue weighted by Gasteiger charge is -2.29. The molecule has 1 saturated heterocycles. The molecule has 2 aromatic carbocycles. The summed E-state index contributed by atoms with van der Waals surface area (Å²) in [5, 5.41) is 2.04. The van der Waals surface area contributed by atoms with Gasteiger partial charge in [-0.25, -0.2) is 8.42 Å². The van der Waals surface area contributed by atoms with Crippen molar-refractivity contribution in [3.05, 3.63) is 82.0 Å². The van der Waals surface area contributed by atoms with Gasteiger partial charge < -0.3 is 9.64 Å². The van der Waals surface area contributed by atoms with E-state index in [2.05, 4.69) is 6.07 Å². The molecule has 1 aromatic heterocycles. The molecule has 1 unspecified atom stereocenters. The molecule has 34 heavy (non-hydrogen) atoms. The number of amides is 1. The van der Waals surface area contributed by atoms with Crippen LogP contribution in [0.5, 0.6) is 5.75 Å². The molecule has 1 aliphatic heterocycles. The maximum atomic E-state index is 13.6. The van der Waals surface area contributed by atoms with Crippen molar-refractivity contribution >= 4 is 27.3 Å². The van der Waals surface area contributed by atoms with Crippen molar-refractivity contribution in [3.8, 4) is 5.75 Å². The fourth-order valence-corrected chi connectivity index (χ4v) is 6.54. The van der Waals surface area contributed by atoms with Gasteiger partial charge in [-0.15, -0.1) is 11.3 Å². The van der Waals surface area contributed by atoms with Crippen LogP contribution in [0.4, 0.5) is 0 Å². The van der Waals surface area contributed by atoms with Crippen molar-refractivity contribution in [1.29, 1.82) is 0 Å². The highest BCUT2D eigenvalue weighted by Gasteiger charge is 2.28. The number of hydrogen-bond donors (Lipinski definition) is 0. The topological polar surface area (TPSA) is 66.9 Å². The van der Waals surface area contributed by atoms with Gasteiger partial charge in [0, 0.05) is 42.5 Å². The van der Waals surface area contributed by atoms with E-state index in [1.165, 1.54) is 9.18 Å². The number of methoxy groups -OCH3 is 1. The Balaban J connectivity index is 1.57. The lowest BCUT2D eigenvalue weighted by atomic mass is 10.1. The summed E-state index contributed by atoms with van der Waals surface area (Å²) in [4.78, 5) is 16.9. The molecule has 3 aromatic rings. The zero-order valence-corrected chi connectivity index (χ0v) is 21.1. The van der Waals surface area contributed by atoms with Gasteiger partial charge in [-0.3, -0.25) is 4.79 Å². The molecule has 0 N–H and O–H groups in total. The van der Waals surface area contributed by atoms with Gasteiger partial charge >= 0.3 is 0 Å². The average Bonchev–Trinajstić information content (AvgIpc) is 3.57. The van der Waals surface area contributed by atoms with Crippen LogP contribution in [-0.4, -0.2) is 49.8 Å². The molecule has 0 bridgehead atoms. The van der Waals surface area contributed by atoms with E-state index in [0.717, 1.165) is 30.6 Å². The van der Waals surface area contributed by atoms with E-state index in [1.54, 1.807) is 42.7 Å². The molecule has 1 amide bonds. The number of hydrogen-bond acceptors (Lipinski definition) is 5. The first-order valence-corrected chi connectivity index (χ1v) is 13.8. The highest BCUT2D eigenvalue weighted by atomic mass is 32.2. The molecule has 2 heterocycles. The molecule has 6 nitrogen and oxygen atoms in total. The number of rotatable bonds is 9. The predicted octanol–water partition coefficient (Wildman–Crippen LogP) is 4.81. The van der Waals surface area contributed by atoms with Gasteiger partial charge in [0.15, 0.2) is 0 Å². The lowest BCUT2D eigenvalue weighted by Crippen LogP contribution is -2.39. The fraction of sp³-hybridized carbons (Fsp3) is 0.346. The molecular formula is C26H30N2O4S2. The van der Waals surface area contributed by atoms with Crippen molar-refractivity contribution in [2.75, 3.05) is 20.2 Å². The highest BCUT2D eigenvalue weighted by molar-refractivity contribution is 7.89. The van der Waals surface area contributed by atoms with E-state index >= 15 is 0 Å². The van der Waals surface area contributed by atoms with E-state index in [0.29, 0.717) is 25.2 Å². The second kappa shape index (κ2) is 10.7. The van der Waals surface area contributed by atoms with Crippen LogP contribution in [0, 0.1) is 0 Å². The predicted molar refractivity (Wildman–Crippen MR) is 135 cm³/mol. The van der Waals surface area contributed by atoms with E-state index in [-0.39, 0.29) is 16.8 Å². The summed E-state index contributed by atoms with van der Waals surface area (Å²) in [6, 6.07) is 18.1. The maximum absolute atomic E-state index is 13.6. The number of carbonyl (C=O) groups excluding carboxylic acids is 1. The quantitative estimate of drug-likeness (QED) is 0.424. The molecule has 180 valence electrons. The Morgan fingerprint density at radius 2 is 1.74 bits per heavy atom. The Hall–Kier alpha value is -2.68. The molecule has 0 spiro atoms. The molecular weight excluding hydrogens is 468 g/mol. The molecule has 0 saturated carbocycles. The number of benzene rings is 2. The summed E-state index contributed by atoms with van der Waals surface area (Å²) >= 11 is 1.68. The average molecular weight is 499 g/mol. The van der Waals surface area contributed by atoms with Crippen LogP contribution in [0.3, 0.4) is 0 Å². The maximum Gasteiger partial charge on any atom is 0.254 e. The zero-order chi connectivity index (χ0) is 24.1. The fourth-order valence-electron chi connectivity index (χ4n) is 4.20. The monoisotopic (exact) mass is 498 g/mol. The standard InChI is InChI=1S/C26H30N2O4S2/c1-20(18-24-6-5-17-33-24)28(19-21-7-11-23(32-2)12-8-21)26(29)22-9-13-25(14-10-22)34(30,31)27-15-3-4-16-27/h5-14,17,20H,3-4,15-16,18-19H2,1-2H3. The smallest absolute Gasteiger partial charge is 0.254 e. The third-order valence-corrected chi connectivity index (χ3v) is 9.00. The van der Waals surface area contributed by atoms with Gasteiger partial charge in [-0.2, -0.15) is 4.31 Å². The van der Waals surface area contributed by atoms with Gasteiger partial charge in [-0.1, -0.05) is 18.2 Å². The Bertz CT molecular complexity index is 1180. The third-order valence-electron chi connectivity index (χ3n) is 6.19. The third kappa shape index (κ3) is 5.51. The van der Waals surface area contributed by atoms with Crippen LogP contribution in [0.25, 0.3) is 0 Å². The minimum absolute atomic E-state index is 0.0405. The van der Waals surface area contributed by atoms with Crippen LogP contribution < -0.4 is 4.74 Å². The van der Waals surface area contributed by atoms with Gasteiger partial charge in [0.1, 0.15) is 5.75 Å². The Kier molecular flexibility index (Phi) is 7.70. The summed E-state index contributed by atoms with van der Waals surface area (Å²) in [7, 11) is -1.88. The van der Waals surface area contributed by atoms with Crippen LogP contribution in [0.1, 0.15) is 40.6 Å². The number of nitrogens with zero attached hydrogens (tertiary/aromatic N) is 2. The molecule has 1 aliphatic rings. The Labute approximate surface area is 205 Å². The first-order chi connectivity index (χ1) is 16.4. The summed E-state index contributed by atoms with van der Waals surface area (Å²) < 4.78 is 32.5. The highest BCUT2D eigenvalue weighted by Crippen LogP contribution is 2.24. The minimum atomic E-state index is -3.51. The summed E-state index contributed by atoms with van der Waals surface area (Å²) in [5.41, 5.74) is 1.48. The van der Waals surface area contributed by atoms with Gasteiger partial charge in [0.25, 0.3) is 5.91 Å². The van der Waals surface area contributed by atoms with Gasteiger partial charge in [0.2, 0.25) is 10.0 Å². The van der Waals surface area contributed by atoms with Crippen molar-refractivity contribution in [2.45, 2.75) is 43.7 Å². The zero-order valence-electron chi connectivity index (χ0n) is 19.5. The largest absolute Gasteiger partial charge is 0.497 e. The van der Waals surface area contributed by atoms with E-state index in [1.807, 2.05) is 47.5 Å². The Morgan fingerprint density at radius 3 is 2.32 bits per heavy atom. The van der Waals surface area contributed by atoms with Crippen molar-refractivity contribution in [2.24, 2.45) is 0 Å². The lowest BCUT2D eigenvalue weighted by molar-refractivity contribution is 0.0676. The van der Waals surface area contributed by atoms with Crippen LogP contribution in [0.15, 0.2) is 70.9 Å². The Morgan fingerprint density at radius 1 is 1.06 bits per heavy atom. The normalized spacial score (nSPS) is 15.2. The number of carbonyl (C=O) groups is 1. The molecule has 0 aliphatic carbocycles. The minimum Gasteiger partial charge on any atom is -0.497 e. The van der Waals surface area contributed by atoms with Gasteiger partial charge in [0.05, 0.1) is 12.0 Å². The number of ether oxygens (including phenoxy) is 1. The number of thiophene rings is 1. The van der Waals surface area contributed by atoms with Crippen LogP contribution >= 0.6 is 11.3 Å². The van der Waals surface area contributed by atoms with Crippen LogP contribution in [-0.2, 0) is 23.0 Å². The van der Waals surface area contributed by atoms with Crippen molar-refractivity contribution in [3.63, 3.8) is 0 Å². The summed E-state index contributed by atoms with van der Waals surface area (Å²) in [6.45, 7) is 3.61. The van der Waals surface area contributed by atoms with Gasteiger partial charge in [-0.05, 0) is 73.2 Å². The summed E-state index contributed by atoms with van der Waals surface area (Å²) in [6.07, 6.45) is 2.53. The molecule has 4 rings (SSSR count).